The fraction of sp³-hybridized carbons (Fsp3) is 0.429. The van der Waals surface area contributed by atoms with Crippen LogP contribution < -0.4 is 0 Å². The van der Waals surface area contributed by atoms with Gasteiger partial charge in [-0.15, -0.1) is 0 Å². The molecule has 0 amide bonds. The zero-order chi connectivity index (χ0) is 16.3. The predicted octanol–water partition coefficient (Wildman–Crippen LogP) is 1.59. The van der Waals surface area contributed by atoms with Crippen molar-refractivity contribution in [2.45, 2.75) is 31.3 Å². The first-order chi connectivity index (χ1) is 9.50. The highest BCUT2D eigenvalue weighted by Crippen LogP contribution is 2.16. The Kier molecular flexibility index (Phi) is 5.11. The molecule has 1 aromatic carbocycles. The Hall–Kier alpha value is -1.89. The van der Waals surface area contributed by atoms with Crippen LogP contribution in [0.15, 0.2) is 29.2 Å². The molecule has 0 aliphatic heterocycles. The van der Waals surface area contributed by atoms with E-state index in [9.17, 15) is 18.0 Å². The van der Waals surface area contributed by atoms with Crippen molar-refractivity contribution in [2.75, 3.05) is 12.9 Å². The van der Waals surface area contributed by atoms with Gasteiger partial charge in [0.2, 0.25) is 0 Å². The monoisotopic (exact) mass is 314 g/mol. The average molecular weight is 314 g/mol. The van der Waals surface area contributed by atoms with Gasteiger partial charge in [-0.3, -0.25) is 0 Å². The van der Waals surface area contributed by atoms with Crippen molar-refractivity contribution in [2.24, 2.45) is 0 Å². The van der Waals surface area contributed by atoms with Crippen molar-refractivity contribution in [3.8, 4) is 0 Å². The number of hydrogen-bond acceptors (Lipinski definition) is 6. The van der Waals surface area contributed by atoms with Gasteiger partial charge >= 0.3 is 11.9 Å². The van der Waals surface area contributed by atoms with E-state index >= 15 is 0 Å². The molecule has 0 atom stereocenters. The first-order valence-electron chi connectivity index (χ1n) is 6.19. The third-order valence-corrected chi connectivity index (χ3v) is 3.40. The number of esters is 2. The Morgan fingerprint density at radius 1 is 1.14 bits per heavy atom. The molecule has 6 nitrogen and oxygen atoms in total. The second-order valence-corrected chi connectivity index (χ2v) is 7.42. The minimum Gasteiger partial charge on any atom is -0.457 e. The lowest BCUT2D eigenvalue weighted by molar-refractivity contribution is -0.158. The number of hydrogen-bond donors (Lipinski definition) is 0. The molecule has 0 spiro atoms. The highest BCUT2D eigenvalue weighted by Gasteiger charge is 2.22. The summed E-state index contributed by atoms with van der Waals surface area (Å²) >= 11 is 0. The van der Waals surface area contributed by atoms with Crippen LogP contribution in [-0.2, 0) is 24.1 Å². The van der Waals surface area contributed by atoms with E-state index < -0.39 is 34.0 Å². The minimum atomic E-state index is -3.56. The third-order valence-electron chi connectivity index (χ3n) is 2.25. The molecule has 116 valence electrons. The summed E-state index contributed by atoms with van der Waals surface area (Å²) in [6.45, 7) is 4.48. The first kappa shape index (κ1) is 17.2. The molecule has 21 heavy (non-hydrogen) atoms. The number of rotatable bonds is 4. The molecule has 0 aliphatic carbocycles. The van der Waals surface area contributed by atoms with E-state index in [1.165, 1.54) is 24.3 Å². The maximum absolute atomic E-state index is 11.9. The molecule has 0 saturated heterocycles. The van der Waals surface area contributed by atoms with Gasteiger partial charge in [-0.2, -0.15) is 0 Å². The van der Waals surface area contributed by atoms with Crippen LogP contribution in [0.5, 0.6) is 0 Å². The number of sulfone groups is 1. The van der Waals surface area contributed by atoms with Crippen LogP contribution in [-0.4, -0.2) is 38.8 Å². The fourth-order valence-electron chi connectivity index (χ4n) is 1.53. The summed E-state index contributed by atoms with van der Waals surface area (Å²) < 4.78 is 32.9. The molecule has 0 N–H and O–H groups in total. The summed E-state index contributed by atoms with van der Waals surface area (Å²) in [5.41, 5.74) is -0.794. The Bertz CT molecular complexity index is 640. The van der Waals surface area contributed by atoms with Gasteiger partial charge < -0.3 is 9.47 Å². The Morgan fingerprint density at radius 2 is 1.71 bits per heavy atom. The molecule has 0 unspecified atom stereocenters. The van der Waals surface area contributed by atoms with Gasteiger partial charge in [-0.25, -0.2) is 18.0 Å². The van der Waals surface area contributed by atoms with Crippen LogP contribution in [0.1, 0.15) is 31.1 Å². The van der Waals surface area contributed by atoms with Crippen molar-refractivity contribution in [3.63, 3.8) is 0 Å². The molecule has 1 rings (SSSR count). The fourth-order valence-corrected chi connectivity index (χ4v) is 2.41. The zero-order valence-electron chi connectivity index (χ0n) is 12.4. The van der Waals surface area contributed by atoms with Crippen molar-refractivity contribution in [3.05, 3.63) is 29.8 Å². The molecular formula is C14H18O6S. The summed E-state index contributed by atoms with van der Waals surface area (Å²) in [6, 6.07) is 5.65. The summed E-state index contributed by atoms with van der Waals surface area (Å²) in [4.78, 5) is 23.2. The molecule has 0 aromatic heterocycles. The Morgan fingerprint density at radius 3 is 2.24 bits per heavy atom. The Labute approximate surface area is 124 Å². The van der Waals surface area contributed by atoms with Crippen molar-refractivity contribution in [1.29, 1.82) is 0 Å². The quantitative estimate of drug-likeness (QED) is 0.784. The van der Waals surface area contributed by atoms with Crippen molar-refractivity contribution < 1.29 is 27.5 Å². The first-order valence-corrected chi connectivity index (χ1v) is 8.08. The predicted molar refractivity (Wildman–Crippen MR) is 75.7 cm³/mol. The van der Waals surface area contributed by atoms with Gasteiger partial charge in [0.05, 0.1) is 10.5 Å². The molecule has 1 aromatic rings. The summed E-state index contributed by atoms with van der Waals surface area (Å²) in [5, 5.41) is 0. The number of ether oxygens (including phenoxy) is 2. The highest BCUT2D eigenvalue weighted by molar-refractivity contribution is 7.90. The Balaban J connectivity index is 2.81. The topological polar surface area (TPSA) is 86.7 Å². The molecule has 0 radical (unpaired) electrons. The van der Waals surface area contributed by atoms with E-state index in [0.29, 0.717) is 0 Å². The van der Waals surface area contributed by atoms with Crippen LogP contribution in [0.2, 0.25) is 0 Å². The summed E-state index contributed by atoms with van der Waals surface area (Å²) in [5.74, 6) is -1.59. The van der Waals surface area contributed by atoms with Gasteiger partial charge in [0, 0.05) is 6.26 Å². The summed E-state index contributed by atoms with van der Waals surface area (Å²) in [7, 11) is -3.56. The van der Waals surface area contributed by atoms with Gasteiger partial charge in [-0.05, 0) is 32.9 Å². The van der Waals surface area contributed by atoms with E-state index in [-0.39, 0.29) is 10.5 Å². The SMILES string of the molecule is CC(C)(C)OC(=O)COC(=O)c1ccccc1S(C)(=O)=O. The maximum Gasteiger partial charge on any atom is 0.344 e. The van der Waals surface area contributed by atoms with Gasteiger partial charge in [-0.1, -0.05) is 12.1 Å². The molecule has 0 bridgehead atoms. The lowest BCUT2D eigenvalue weighted by Crippen LogP contribution is -2.27. The molecule has 7 heteroatoms. The molecule has 0 aliphatic rings. The number of carbonyl (C=O) groups is 2. The number of benzene rings is 1. The van der Waals surface area contributed by atoms with Crippen molar-refractivity contribution >= 4 is 21.8 Å². The smallest absolute Gasteiger partial charge is 0.344 e. The van der Waals surface area contributed by atoms with Crippen LogP contribution in [0.3, 0.4) is 0 Å². The molecular weight excluding hydrogens is 296 g/mol. The normalized spacial score (nSPS) is 11.8. The molecule has 0 heterocycles. The maximum atomic E-state index is 11.9. The van der Waals surface area contributed by atoms with Gasteiger partial charge in [0.1, 0.15) is 5.60 Å². The van der Waals surface area contributed by atoms with Crippen LogP contribution in [0.4, 0.5) is 0 Å². The van der Waals surface area contributed by atoms with Gasteiger partial charge in [0.25, 0.3) is 0 Å². The van der Waals surface area contributed by atoms with Crippen LogP contribution >= 0.6 is 0 Å². The van der Waals surface area contributed by atoms with Crippen LogP contribution in [0.25, 0.3) is 0 Å². The van der Waals surface area contributed by atoms with E-state index in [1.807, 2.05) is 0 Å². The van der Waals surface area contributed by atoms with Gasteiger partial charge in [0.15, 0.2) is 16.4 Å². The standard InChI is InChI=1S/C14H18O6S/c1-14(2,3)20-12(15)9-19-13(16)10-7-5-6-8-11(10)21(4,17)18/h5-8H,9H2,1-4H3. The lowest BCUT2D eigenvalue weighted by Gasteiger charge is -2.19. The van der Waals surface area contributed by atoms with E-state index in [4.69, 9.17) is 9.47 Å². The zero-order valence-corrected chi connectivity index (χ0v) is 13.2. The molecule has 0 fully saturated rings. The van der Waals surface area contributed by atoms with E-state index in [0.717, 1.165) is 6.26 Å². The molecule has 0 saturated carbocycles. The average Bonchev–Trinajstić information content (AvgIpc) is 2.33. The highest BCUT2D eigenvalue weighted by atomic mass is 32.2. The van der Waals surface area contributed by atoms with Crippen molar-refractivity contribution in [1.82, 2.24) is 0 Å². The van der Waals surface area contributed by atoms with Crippen LogP contribution in [0, 0.1) is 0 Å². The number of carbonyl (C=O) groups excluding carboxylic acids is 2. The van der Waals surface area contributed by atoms with E-state index in [2.05, 4.69) is 0 Å². The second-order valence-electron chi connectivity index (χ2n) is 5.43. The lowest BCUT2D eigenvalue weighted by atomic mass is 10.2. The largest absolute Gasteiger partial charge is 0.457 e. The second kappa shape index (κ2) is 6.26. The summed E-state index contributed by atoms with van der Waals surface area (Å²) in [6.07, 6.45) is 0.993. The third kappa shape index (κ3) is 5.55. The minimum absolute atomic E-state index is 0.108. The van der Waals surface area contributed by atoms with E-state index in [1.54, 1.807) is 20.8 Å².